The highest BCUT2D eigenvalue weighted by atomic mass is 16.1. The molecule has 0 aliphatic heterocycles. The maximum atomic E-state index is 11.7. The van der Waals surface area contributed by atoms with Gasteiger partial charge in [0.15, 0.2) is 5.78 Å². The number of aryl methyl sites for hydroxylation is 1. The zero-order valence-corrected chi connectivity index (χ0v) is 11.5. The molecule has 3 aromatic heterocycles. The number of nitrogens with zero attached hydrogens (tertiary/aromatic N) is 3. The van der Waals surface area contributed by atoms with Crippen molar-refractivity contribution in [2.24, 2.45) is 0 Å². The smallest absolute Gasteiger partial charge is 0.163 e. The summed E-state index contributed by atoms with van der Waals surface area (Å²) in [7, 11) is 0. The molecule has 0 amide bonds. The molecule has 0 bridgehead atoms. The Kier molecular flexibility index (Phi) is 3.06. The van der Waals surface area contributed by atoms with Gasteiger partial charge in [-0.25, -0.2) is 0 Å². The molecule has 3 heterocycles. The molecule has 0 saturated carbocycles. The zero-order valence-electron chi connectivity index (χ0n) is 11.5. The Morgan fingerprint density at radius 3 is 2.80 bits per heavy atom. The summed E-state index contributed by atoms with van der Waals surface area (Å²) in [6.07, 6.45) is 5.46. The minimum Gasteiger partial charge on any atom is -0.341 e. The molecular weight excluding hydrogens is 250 g/mol. The van der Waals surface area contributed by atoms with Crippen LogP contribution in [-0.2, 0) is 6.54 Å². The number of aromatic nitrogens is 3. The number of carbonyl (C=O) groups is 1. The quantitative estimate of drug-likeness (QED) is 0.684. The van der Waals surface area contributed by atoms with E-state index in [4.69, 9.17) is 0 Å². The highest BCUT2D eigenvalue weighted by Gasteiger charge is 2.12. The van der Waals surface area contributed by atoms with Gasteiger partial charge < -0.3 is 4.57 Å². The maximum Gasteiger partial charge on any atom is 0.163 e. The van der Waals surface area contributed by atoms with Crippen LogP contribution in [0.25, 0.3) is 11.0 Å². The van der Waals surface area contributed by atoms with E-state index in [-0.39, 0.29) is 5.78 Å². The minimum absolute atomic E-state index is 0.0366. The van der Waals surface area contributed by atoms with Gasteiger partial charge in [0.25, 0.3) is 0 Å². The molecule has 0 spiro atoms. The largest absolute Gasteiger partial charge is 0.341 e. The van der Waals surface area contributed by atoms with Crippen molar-refractivity contribution in [3.63, 3.8) is 0 Å². The lowest BCUT2D eigenvalue weighted by Crippen LogP contribution is -1.99. The molecule has 0 unspecified atom stereocenters. The Labute approximate surface area is 117 Å². The fraction of sp³-hybridized carbons (Fsp3) is 0.188. The summed E-state index contributed by atoms with van der Waals surface area (Å²) in [5, 5.41) is 0. The second-order valence-electron chi connectivity index (χ2n) is 4.91. The number of rotatable bonds is 3. The standard InChI is InChI=1S/C16H15N3O/c1-11-5-6-13(8-18-11)9-19-10-14(12(2)20)16-15(19)4-3-7-17-16/h3-8,10H,9H2,1-2H3. The molecule has 0 saturated heterocycles. The Morgan fingerprint density at radius 1 is 1.25 bits per heavy atom. The van der Waals surface area contributed by atoms with Crippen LogP contribution in [0, 0.1) is 6.92 Å². The molecule has 0 aromatic carbocycles. The summed E-state index contributed by atoms with van der Waals surface area (Å²) in [5.74, 6) is 0.0366. The van der Waals surface area contributed by atoms with E-state index in [0.717, 1.165) is 22.3 Å². The molecule has 0 N–H and O–H groups in total. The first-order valence-corrected chi connectivity index (χ1v) is 6.51. The van der Waals surface area contributed by atoms with Gasteiger partial charge in [-0.3, -0.25) is 14.8 Å². The number of hydrogen-bond acceptors (Lipinski definition) is 3. The molecular formula is C16H15N3O. The average Bonchev–Trinajstić information content (AvgIpc) is 2.81. The van der Waals surface area contributed by atoms with Crippen molar-refractivity contribution >= 4 is 16.8 Å². The van der Waals surface area contributed by atoms with Gasteiger partial charge in [-0.05, 0) is 37.6 Å². The molecule has 0 radical (unpaired) electrons. The van der Waals surface area contributed by atoms with E-state index in [9.17, 15) is 4.79 Å². The van der Waals surface area contributed by atoms with Gasteiger partial charge in [0.2, 0.25) is 0 Å². The number of hydrogen-bond donors (Lipinski definition) is 0. The summed E-state index contributed by atoms with van der Waals surface area (Å²) in [4.78, 5) is 20.3. The minimum atomic E-state index is 0.0366. The first kappa shape index (κ1) is 12.5. The van der Waals surface area contributed by atoms with Gasteiger partial charge in [0.05, 0.1) is 16.6 Å². The maximum absolute atomic E-state index is 11.7. The predicted octanol–water partition coefficient (Wildman–Crippen LogP) is 2.99. The van der Waals surface area contributed by atoms with Crippen LogP contribution in [0.3, 0.4) is 0 Å². The molecule has 100 valence electrons. The van der Waals surface area contributed by atoms with Crippen molar-refractivity contribution < 1.29 is 4.79 Å². The molecule has 0 aliphatic carbocycles. The molecule has 0 fully saturated rings. The second kappa shape index (κ2) is 4.89. The van der Waals surface area contributed by atoms with E-state index < -0.39 is 0 Å². The Balaban J connectivity index is 2.07. The summed E-state index contributed by atoms with van der Waals surface area (Å²) in [6, 6.07) is 7.91. The number of carbonyl (C=O) groups excluding carboxylic acids is 1. The first-order valence-electron chi connectivity index (χ1n) is 6.51. The Bertz CT molecular complexity index is 772. The van der Waals surface area contributed by atoms with Crippen molar-refractivity contribution in [2.45, 2.75) is 20.4 Å². The third kappa shape index (κ3) is 2.20. The van der Waals surface area contributed by atoms with Crippen molar-refractivity contribution in [3.05, 3.63) is 59.7 Å². The van der Waals surface area contributed by atoms with Crippen molar-refractivity contribution in [3.8, 4) is 0 Å². The van der Waals surface area contributed by atoms with Crippen LogP contribution in [0.2, 0.25) is 0 Å². The van der Waals surface area contributed by atoms with Crippen LogP contribution in [-0.4, -0.2) is 20.3 Å². The van der Waals surface area contributed by atoms with Crippen LogP contribution in [0.1, 0.15) is 28.5 Å². The molecule has 0 aliphatic rings. The van der Waals surface area contributed by atoms with Crippen molar-refractivity contribution in [2.75, 3.05) is 0 Å². The lowest BCUT2D eigenvalue weighted by molar-refractivity contribution is 0.101. The fourth-order valence-corrected chi connectivity index (χ4v) is 2.30. The predicted molar refractivity (Wildman–Crippen MR) is 77.8 cm³/mol. The number of fused-ring (bicyclic) bond motifs is 1. The van der Waals surface area contributed by atoms with Crippen molar-refractivity contribution in [1.82, 2.24) is 14.5 Å². The highest BCUT2D eigenvalue weighted by Crippen LogP contribution is 2.20. The normalized spacial score (nSPS) is 10.9. The lowest BCUT2D eigenvalue weighted by atomic mass is 10.2. The first-order chi connectivity index (χ1) is 9.65. The average molecular weight is 265 g/mol. The lowest BCUT2D eigenvalue weighted by Gasteiger charge is -2.05. The molecule has 3 rings (SSSR count). The van der Waals surface area contributed by atoms with Crippen LogP contribution >= 0.6 is 0 Å². The number of pyridine rings is 2. The van der Waals surface area contributed by atoms with E-state index >= 15 is 0 Å². The number of Topliss-reactive ketones (excluding diaryl/α,β-unsaturated/α-hetero) is 1. The van der Waals surface area contributed by atoms with Gasteiger partial charge in [-0.1, -0.05) is 6.07 Å². The highest BCUT2D eigenvalue weighted by molar-refractivity contribution is 6.05. The second-order valence-corrected chi connectivity index (χ2v) is 4.91. The summed E-state index contributed by atoms with van der Waals surface area (Å²) in [6.45, 7) is 4.22. The van der Waals surface area contributed by atoms with Crippen LogP contribution in [0.5, 0.6) is 0 Å². The SMILES string of the molecule is CC(=O)c1cn(Cc2ccc(C)nc2)c2cccnc12. The van der Waals surface area contributed by atoms with E-state index in [1.165, 1.54) is 0 Å². The van der Waals surface area contributed by atoms with Gasteiger partial charge in [0.1, 0.15) is 0 Å². The van der Waals surface area contributed by atoms with Gasteiger partial charge in [-0.15, -0.1) is 0 Å². The summed E-state index contributed by atoms with van der Waals surface area (Å²) >= 11 is 0. The Hall–Kier alpha value is -2.49. The van der Waals surface area contributed by atoms with Crippen LogP contribution < -0.4 is 0 Å². The molecule has 4 nitrogen and oxygen atoms in total. The molecule has 0 atom stereocenters. The number of ketones is 1. The monoisotopic (exact) mass is 265 g/mol. The Morgan fingerprint density at radius 2 is 2.10 bits per heavy atom. The van der Waals surface area contributed by atoms with E-state index in [0.29, 0.717) is 12.1 Å². The van der Waals surface area contributed by atoms with Gasteiger partial charge >= 0.3 is 0 Å². The van der Waals surface area contributed by atoms with E-state index in [1.54, 1.807) is 13.1 Å². The topological polar surface area (TPSA) is 47.8 Å². The summed E-state index contributed by atoms with van der Waals surface area (Å²) in [5.41, 5.74) is 4.50. The third-order valence-corrected chi connectivity index (χ3v) is 3.34. The van der Waals surface area contributed by atoms with E-state index in [2.05, 4.69) is 16.0 Å². The fourth-order valence-electron chi connectivity index (χ4n) is 2.30. The van der Waals surface area contributed by atoms with E-state index in [1.807, 2.05) is 42.1 Å². The van der Waals surface area contributed by atoms with Gasteiger partial charge in [-0.2, -0.15) is 0 Å². The van der Waals surface area contributed by atoms with Gasteiger partial charge in [0, 0.05) is 30.8 Å². The molecule has 3 aromatic rings. The van der Waals surface area contributed by atoms with Crippen LogP contribution in [0.15, 0.2) is 42.9 Å². The molecule has 20 heavy (non-hydrogen) atoms. The zero-order chi connectivity index (χ0) is 14.1. The van der Waals surface area contributed by atoms with Crippen LogP contribution in [0.4, 0.5) is 0 Å². The third-order valence-electron chi connectivity index (χ3n) is 3.34. The summed E-state index contributed by atoms with van der Waals surface area (Å²) < 4.78 is 2.05. The van der Waals surface area contributed by atoms with Crippen molar-refractivity contribution in [1.29, 1.82) is 0 Å². The molecule has 4 heteroatoms.